The second-order valence-electron chi connectivity index (χ2n) is 4.00. The first-order valence-corrected chi connectivity index (χ1v) is 6.48. The summed E-state index contributed by atoms with van der Waals surface area (Å²) in [5, 5.41) is 8.51. The number of carbonyl (C=O) groups is 1. The van der Waals surface area contributed by atoms with Crippen molar-refractivity contribution in [1.29, 1.82) is 0 Å². The van der Waals surface area contributed by atoms with Gasteiger partial charge in [0.25, 0.3) is 0 Å². The van der Waals surface area contributed by atoms with E-state index < -0.39 is 0 Å². The van der Waals surface area contributed by atoms with Crippen LogP contribution in [0, 0.1) is 13.8 Å². The van der Waals surface area contributed by atoms with Gasteiger partial charge in [-0.05, 0) is 13.8 Å². The molecule has 0 fully saturated rings. The molecule has 0 aliphatic carbocycles. The predicted octanol–water partition coefficient (Wildman–Crippen LogP) is 0.736. The van der Waals surface area contributed by atoms with E-state index in [0.717, 1.165) is 15.6 Å². The van der Waals surface area contributed by atoms with E-state index >= 15 is 0 Å². The first-order chi connectivity index (χ1) is 8.60. The number of aryl methyl sites for hydroxylation is 2. The molecule has 0 unspecified atom stereocenters. The van der Waals surface area contributed by atoms with Crippen LogP contribution < -0.4 is 5.73 Å². The van der Waals surface area contributed by atoms with Crippen LogP contribution in [0.1, 0.15) is 26.1 Å². The van der Waals surface area contributed by atoms with Crippen LogP contribution in [0.15, 0.2) is 6.20 Å². The molecule has 6 nitrogen and oxygen atoms in total. The zero-order valence-corrected chi connectivity index (χ0v) is 11.2. The van der Waals surface area contributed by atoms with E-state index in [2.05, 4.69) is 15.3 Å². The lowest BCUT2D eigenvalue weighted by Crippen LogP contribution is -2.10. The Bertz CT molecular complexity index is 540. The summed E-state index contributed by atoms with van der Waals surface area (Å²) >= 11 is 1.55. The fraction of sp³-hybridized carbons (Fsp3) is 0.455. The maximum Gasteiger partial charge on any atom is 0.191 e. The van der Waals surface area contributed by atoms with Gasteiger partial charge in [0.15, 0.2) is 5.78 Å². The highest BCUT2D eigenvalue weighted by Crippen LogP contribution is 2.17. The van der Waals surface area contributed by atoms with Gasteiger partial charge in [0, 0.05) is 11.4 Å². The molecule has 2 N–H and O–H groups in total. The van der Waals surface area contributed by atoms with Crippen molar-refractivity contribution in [3.8, 4) is 0 Å². The standard InChI is InChI=1S/C11H15N5OS/c1-7-8(2)18-11(13-7)5-10(17)9-6-16(4-3-12)15-14-9/h6H,3-5,12H2,1-2H3. The predicted molar refractivity (Wildman–Crippen MR) is 68.7 cm³/mol. The molecule has 96 valence electrons. The van der Waals surface area contributed by atoms with Crippen molar-refractivity contribution in [2.45, 2.75) is 26.8 Å². The van der Waals surface area contributed by atoms with Crippen molar-refractivity contribution in [3.63, 3.8) is 0 Å². The Kier molecular flexibility index (Phi) is 3.83. The molecular formula is C11H15N5OS. The van der Waals surface area contributed by atoms with Crippen LogP contribution in [0.2, 0.25) is 0 Å². The Balaban J connectivity index is 2.06. The van der Waals surface area contributed by atoms with Crippen LogP contribution in [-0.4, -0.2) is 32.3 Å². The van der Waals surface area contributed by atoms with Crippen LogP contribution >= 0.6 is 11.3 Å². The zero-order chi connectivity index (χ0) is 13.1. The molecule has 18 heavy (non-hydrogen) atoms. The normalized spacial score (nSPS) is 10.8. The first kappa shape index (κ1) is 12.8. The molecule has 0 aromatic carbocycles. The van der Waals surface area contributed by atoms with E-state index in [1.807, 2.05) is 13.8 Å². The number of nitrogens with zero attached hydrogens (tertiary/aromatic N) is 4. The summed E-state index contributed by atoms with van der Waals surface area (Å²) < 4.78 is 1.57. The molecular weight excluding hydrogens is 250 g/mol. The molecule has 2 aromatic heterocycles. The van der Waals surface area contributed by atoms with Crippen molar-refractivity contribution in [1.82, 2.24) is 20.0 Å². The molecule has 0 spiro atoms. The van der Waals surface area contributed by atoms with Crippen LogP contribution in [0.4, 0.5) is 0 Å². The summed E-state index contributed by atoms with van der Waals surface area (Å²) in [7, 11) is 0. The van der Waals surface area contributed by atoms with Gasteiger partial charge in [-0.1, -0.05) is 5.21 Å². The molecule has 0 saturated carbocycles. The smallest absolute Gasteiger partial charge is 0.191 e. The fourth-order valence-corrected chi connectivity index (χ4v) is 2.44. The number of hydrogen-bond donors (Lipinski definition) is 1. The van der Waals surface area contributed by atoms with Crippen molar-refractivity contribution in [2.24, 2.45) is 5.73 Å². The molecule has 0 aliphatic heterocycles. The van der Waals surface area contributed by atoms with Gasteiger partial charge in [0.2, 0.25) is 0 Å². The lowest BCUT2D eigenvalue weighted by Gasteiger charge is -1.93. The second kappa shape index (κ2) is 5.36. The van der Waals surface area contributed by atoms with Gasteiger partial charge in [-0.3, -0.25) is 9.48 Å². The summed E-state index contributed by atoms with van der Waals surface area (Å²) in [5.41, 5.74) is 6.76. The number of Topliss-reactive ketones (excluding diaryl/α,β-unsaturated/α-hetero) is 1. The lowest BCUT2D eigenvalue weighted by molar-refractivity contribution is 0.0988. The maximum atomic E-state index is 12.0. The molecule has 0 aliphatic rings. The SMILES string of the molecule is Cc1nc(CC(=O)c2cn(CCN)nn2)sc1C. The summed E-state index contributed by atoms with van der Waals surface area (Å²) in [5.74, 6) is -0.0629. The van der Waals surface area contributed by atoms with Gasteiger partial charge >= 0.3 is 0 Å². The summed E-state index contributed by atoms with van der Waals surface area (Å²) in [4.78, 5) is 17.5. The Hall–Kier alpha value is -1.60. The molecule has 0 saturated heterocycles. The number of aromatic nitrogens is 4. The number of carbonyl (C=O) groups excluding carboxylic acids is 1. The molecule has 0 bridgehead atoms. The average molecular weight is 265 g/mol. The van der Waals surface area contributed by atoms with Crippen molar-refractivity contribution in [2.75, 3.05) is 6.54 Å². The van der Waals surface area contributed by atoms with Crippen LogP contribution in [0.5, 0.6) is 0 Å². The number of thiazole rings is 1. The Morgan fingerprint density at radius 3 is 2.89 bits per heavy atom. The fourth-order valence-electron chi connectivity index (χ4n) is 1.51. The highest BCUT2D eigenvalue weighted by atomic mass is 32.1. The average Bonchev–Trinajstić information content (AvgIpc) is 2.88. The Labute approximate surface area is 109 Å². The van der Waals surface area contributed by atoms with Gasteiger partial charge in [0.1, 0.15) is 10.7 Å². The van der Waals surface area contributed by atoms with E-state index in [0.29, 0.717) is 18.8 Å². The second-order valence-corrected chi connectivity index (χ2v) is 5.29. The van der Waals surface area contributed by atoms with Gasteiger partial charge < -0.3 is 5.73 Å². The largest absolute Gasteiger partial charge is 0.329 e. The molecule has 0 amide bonds. The summed E-state index contributed by atoms with van der Waals surface area (Å²) in [6, 6.07) is 0. The monoisotopic (exact) mass is 265 g/mol. The summed E-state index contributed by atoms with van der Waals surface area (Å²) in [6.45, 7) is 4.98. The molecule has 7 heteroatoms. The number of nitrogens with two attached hydrogens (primary N) is 1. The van der Waals surface area contributed by atoms with Gasteiger partial charge in [-0.2, -0.15) is 0 Å². The number of hydrogen-bond acceptors (Lipinski definition) is 6. The Morgan fingerprint density at radius 2 is 2.28 bits per heavy atom. The van der Waals surface area contributed by atoms with Crippen molar-refractivity contribution in [3.05, 3.63) is 27.5 Å². The van der Waals surface area contributed by atoms with Gasteiger partial charge in [-0.15, -0.1) is 16.4 Å². The van der Waals surface area contributed by atoms with Gasteiger partial charge in [0.05, 0.1) is 24.9 Å². The third-order valence-corrected chi connectivity index (χ3v) is 3.64. The Morgan fingerprint density at radius 1 is 1.50 bits per heavy atom. The maximum absolute atomic E-state index is 12.0. The van der Waals surface area contributed by atoms with Gasteiger partial charge in [-0.25, -0.2) is 4.98 Å². The highest BCUT2D eigenvalue weighted by Gasteiger charge is 2.14. The zero-order valence-electron chi connectivity index (χ0n) is 10.4. The van der Waals surface area contributed by atoms with E-state index in [1.54, 1.807) is 22.2 Å². The molecule has 0 atom stereocenters. The van der Waals surface area contributed by atoms with E-state index in [9.17, 15) is 4.79 Å². The minimum atomic E-state index is -0.0629. The quantitative estimate of drug-likeness (QED) is 0.806. The van der Waals surface area contributed by atoms with Crippen molar-refractivity contribution < 1.29 is 4.79 Å². The first-order valence-electron chi connectivity index (χ1n) is 5.66. The highest BCUT2D eigenvalue weighted by molar-refractivity contribution is 7.11. The third-order valence-electron chi connectivity index (χ3n) is 2.57. The minimum absolute atomic E-state index is 0.0629. The molecule has 0 radical (unpaired) electrons. The summed E-state index contributed by atoms with van der Waals surface area (Å²) in [6.07, 6.45) is 1.91. The van der Waals surface area contributed by atoms with E-state index in [1.165, 1.54) is 0 Å². The molecule has 2 heterocycles. The third kappa shape index (κ3) is 2.80. The minimum Gasteiger partial charge on any atom is -0.329 e. The molecule has 2 aromatic rings. The van der Waals surface area contributed by atoms with E-state index in [4.69, 9.17) is 5.73 Å². The van der Waals surface area contributed by atoms with E-state index in [-0.39, 0.29) is 12.2 Å². The molecule has 2 rings (SSSR count). The lowest BCUT2D eigenvalue weighted by atomic mass is 10.2. The van der Waals surface area contributed by atoms with Crippen LogP contribution in [-0.2, 0) is 13.0 Å². The van der Waals surface area contributed by atoms with Crippen LogP contribution in [0.3, 0.4) is 0 Å². The van der Waals surface area contributed by atoms with Crippen LogP contribution in [0.25, 0.3) is 0 Å². The number of ketones is 1. The van der Waals surface area contributed by atoms with Crippen molar-refractivity contribution >= 4 is 17.1 Å². The topological polar surface area (TPSA) is 86.7 Å². The number of rotatable bonds is 5.